The highest BCUT2D eigenvalue weighted by molar-refractivity contribution is 5.05. The monoisotopic (exact) mass is 278 g/mol. The number of hydrogen-bond acceptors (Lipinski definition) is 2. The zero-order chi connectivity index (χ0) is 14.1. The van der Waals surface area contributed by atoms with Crippen LogP contribution in [0.25, 0.3) is 0 Å². The molecule has 2 heteroatoms. The number of nitrogens with zero attached hydrogens (tertiary/aromatic N) is 1. The van der Waals surface area contributed by atoms with Crippen molar-refractivity contribution in [1.82, 2.24) is 10.2 Å². The highest BCUT2D eigenvalue weighted by Gasteiger charge is 2.53. The Hall–Kier alpha value is -0.0800. The minimum Gasteiger partial charge on any atom is -0.314 e. The molecule has 5 atom stereocenters. The first-order valence-electron chi connectivity index (χ1n) is 9.10. The maximum Gasteiger partial charge on any atom is 0.0101 e. The Kier molecular flexibility index (Phi) is 4.72. The molecule has 0 amide bonds. The SMILES string of the molecule is CC(C)N(C)CCCCNC1CC2CC1C1CCCC21. The molecule has 2 nitrogen and oxygen atoms in total. The summed E-state index contributed by atoms with van der Waals surface area (Å²) < 4.78 is 0. The average molecular weight is 278 g/mol. The molecule has 5 unspecified atom stereocenters. The van der Waals surface area contributed by atoms with E-state index in [1.807, 2.05) is 0 Å². The molecule has 3 fully saturated rings. The third kappa shape index (κ3) is 2.92. The van der Waals surface area contributed by atoms with E-state index < -0.39 is 0 Å². The lowest BCUT2D eigenvalue weighted by molar-refractivity contribution is 0.207. The van der Waals surface area contributed by atoms with Crippen molar-refractivity contribution in [2.24, 2.45) is 23.7 Å². The molecular formula is C18H34N2. The van der Waals surface area contributed by atoms with Crippen LogP contribution in [0.5, 0.6) is 0 Å². The molecule has 3 saturated carbocycles. The first-order valence-corrected chi connectivity index (χ1v) is 9.10. The van der Waals surface area contributed by atoms with E-state index in [0.29, 0.717) is 6.04 Å². The van der Waals surface area contributed by atoms with Crippen LogP contribution < -0.4 is 5.32 Å². The van der Waals surface area contributed by atoms with Gasteiger partial charge >= 0.3 is 0 Å². The Labute approximate surface area is 125 Å². The van der Waals surface area contributed by atoms with E-state index in [4.69, 9.17) is 0 Å². The third-order valence-electron chi connectivity index (χ3n) is 6.65. The van der Waals surface area contributed by atoms with Crippen LogP contribution in [0.2, 0.25) is 0 Å². The van der Waals surface area contributed by atoms with E-state index in [1.165, 1.54) is 38.8 Å². The van der Waals surface area contributed by atoms with Crippen molar-refractivity contribution >= 4 is 0 Å². The van der Waals surface area contributed by atoms with E-state index in [1.54, 1.807) is 19.3 Å². The highest BCUT2D eigenvalue weighted by atomic mass is 15.1. The largest absolute Gasteiger partial charge is 0.314 e. The van der Waals surface area contributed by atoms with E-state index in [-0.39, 0.29) is 0 Å². The molecule has 0 aliphatic heterocycles. The maximum atomic E-state index is 3.91. The summed E-state index contributed by atoms with van der Waals surface area (Å²) in [5.41, 5.74) is 0. The molecule has 3 aliphatic carbocycles. The van der Waals surface area contributed by atoms with Crippen molar-refractivity contribution in [2.75, 3.05) is 20.1 Å². The lowest BCUT2D eigenvalue weighted by atomic mass is 9.79. The van der Waals surface area contributed by atoms with Crippen LogP contribution in [-0.4, -0.2) is 37.1 Å². The fraction of sp³-hybridized carbons (Fsp3) is 1.00. The summed E-state index contributed by atoms with van der Waals surface area (Å²) in [6.07, 6.45) is 10.4. The second-order valence-electron chi connectivity index (χ2n) is 8.00. The summed E-state index contributed by atoms with van der Waals surface area (Å²) in [4.78, 5) is 2.46. The molecule has 0 heterocycles. The molecule has 0 radical (unpaired) electrons. The first-order chi connectivity index (χ1) is 9.66. The summed E-state index contributed by atoms with van der Waals surface area (Å²) >= 11 is 0. The van der Waals surface area contributed by atoms with E-state index in [9.17, 15) is 0 Å². The second kappa shape index (κ2) is 6.36. The molecule has 20 heavy (non-hydrogen) atoms. The molecule has 1 N–H and O–H groups in total. The van der Waals surface area contributed by atoms with E-state index >= 15 is 0 Å². The van der Waals surface area contributed by atoms with Gasteiger partial charge in [0.1, 0.15) is 0 Å². The van der Waals surface area contributed by atoms with Crippen molar-refractivity contribution in [3.05, 3.63) is 0 Å². The molecule has 3 rings (SSSR count). The molecule has 0 aromatic rings. The molecule has 0 aromatic heterocycles. The van der Waals surface area contributed by atoms with Crippen LogP contribution in [0.15, 0.2) is 0 Å². The Balaban J connectivity index is 1.32. The fourth-order valence-corrected chi connectivity index (χ4v) is 5.33. The minimum absolute atomic E-state index is 0.688. The summed E-state index contributed by atoms with van der Waals surface area (Å²) in [5.74, 6) is 4.39. The van der Waals surface area contributed by atoms with Gasteiger partial charge in [0.2, 0.25) is 0 Å². The van der Waals surface area contributed by atoms with Gasteiger partial charge in [-0.2, -0.15) is 0 Å². The molecular weight excluding hydrogens is 244 g/mol. The van der Waals surface area contributed by atoms with Crippen molar-refractivity contribution in [2.45, 2.75) is 70.9 Å². The van der Waals surface area contributed by atoms with Gasteiger partial charge in [-0.05, 0) is 96.2 Å². The number of nitrogens with one attached hydrogen (secondary N) is 1. The van der Waals surface area contributed by atoms with Gasteiger partial charge in [-0.1, -0.05) is 6.42 Å². The smallest absolute Gasteiger partial charge is 0.0101 e. The van der Waals surface area contributed by atoms with Gasteiger partial charge in [0.25, 0.3) is 0 Å². The van der Waals surface area contributed by atoms with Crippen LogP contribution in [0.4, 0.5) is 0 Å². The number of rotatable bonds is 7. The van der Waals surface area contributed by atoms with Crippen molar-refractivity contribution in [1.29, 1.82) is 0 Å². The maximum absolute atomic E-state index is 3.91. The van der Waals surface area contributed by atoms with E-state index in [0.717, 1.165) is 29.7 Å². The third-order valence-corrected chi connectivity index (χ3v) is 6.65. The van der Waals surface area contributed by atoms with Crippen LogP contribution in [0.1, 0.15) is 58.8 Å². The standard InChI is InChI=1S/C18H34N2/c1-13(2)20(3)10-5-4-9-19-18-12-14-11-17(18)16-8-6-7-15(14)16/h13-19H,4-12H2,1-3H3. The average Bonchev–Trinajstić information content (AvgIpc) is 3.09. The Morgan fingerprint density at radius 2 is 1.85 bits per heavy atom. The van der Waals surface area contributed by atoms with Gasteiger partial charge in [0.05, 0.1) is 0 Å². The zero-order valence-electron chi connectivity index (χ0n) is 13.8. The lowest BCUT2D eigenvalue weighted by Crippen LogP contribution is -2.39. The topological polar surface area (TPSA) is 15.3 Å². The Morgan fingerprint density at radius 3 is 2.65 bits per heavy atom. The summed E-state index contributed by atoms with van der Waals surface area (Å²) in [6.45, 7) is 7.06. The molecule has 0 saturated heterocycles. The van der Waals surface area contributed by atoms with Crippen molar-refractivity contribution in [3.8, 4) is 0 Å². The summed E-state index contributed by atoms with van der Waals surface area (Å²) in [7, 11) is 2.24. The molecule has 0 spiro atoms. The molecule has 0 aromatic carbocycles. The molecule has 2 bridgehead atoms. The highest BCUT2D eigenvalue weighted by Crippen LogP contribution is 2.58. The summed E-state index contributed by atoms with van der Waals surface area (Å²) in [6, 6.07) is 1.56. The predicted octanol–water partition coefficient (Wildman–Crippen LogP) is 3.52. The number of unbranched alkanes of at least 4 members (excludes halogenated alkanes) is 1. The zero-order valence-corrected chi connectivity index (χ0v) is 13.8. The van der Waals surface area contributed by atoms with Gasteiger partial charge in [-0.3, -0.25) is 0 Å². The summed E-state index contributed by atoms with van der Waals surface area (Å²) in [5, 5.41) is 3.91. The van der Waals surface area contributed by atoms with Gasteiger partial charge in [0.15, 0.2) is 0 Å². The van der Waals surface area contributed by atoms with Gasteiger partial charge in [0, 0.05) is 12.1 Å². The molecule has 3 aliphatic rings. The second-order valence-corrected chi connectivity index (χ2v) is 8.00. The van der Waals surface area contributed by atoms with Crippen LogP contribution in [0.3, 0.4) is 0 Å². The Morgan fingerprint density at radius 1 is 1.05 bits per heavy atom. The lowest BCUT2D eigenvalue weighted by Gasteiger charge is -2.32. The van der Waals surface area contributed by atoms with Crippen molar-refractivity contribution in [3.63, 3.8) is 0 Å². The van der Waals surface area contributed by atoms with Gasteiger partial charge < -0.3 is 10.2 Å². The minimum atomic E-state index is 0.688. The van der Waals surface area contributed by atoms with Crippen LogP contribution >= 0.6 is 0 Å². The van der Waals surface area contributed by atoms with Crippen LogP contribution in [0, 0.1) is 23.7 Å². The number of fused-ring (bicyclic) bond motifs is 5. The Bertz CT molecular complexity index is 315. The quantitative estimate of drug-likeness (QED) is 0.717. The predicted molar refractivity (Wildman–Crippen MR) is 85.8 cm³/mol. The molecule has 116 valence electrons. The van der Waals surface area contributed by atoms with Crippen LogP contribution in [-0.2, 0) is 0 Å². The van der Waals surface area contributed by atoms with Gasteiger partial charge in [-0.15, -0.1) is 0 Å². The first kappa shape index (κ1) is 14.8. The number of hydrogen-bond donors (Lipinski definition) is 1. The van der Waals surface area contributed by atoms with Crippen molar-refractivity contribution < 1.29 is 0 Å². The fourth-order valence-electron chi connectivity index (χ4n) is 5.33. The van der Waals surface area contributed by atoms with Gasteiger partial charge in [-0.25, -0.2) is 0 Å². The van der Waals surface area contributed by atoms with E-state index in [2.05, 4.69) is 31.1 Å². The normalized spacial score (nSPS) is 39.1.